The third kappa shape index (κ3) is 3.49. The Morgan fingerprint density at radius 2 is 1.78 bits per heavy atom. The fourth-order valence-corrected chi connectivity index (χ4v) is 4.71. The van der Waals surface area contributed by atoms with Crippen LogP contribution in [0, 0.1) is 13.8 Å². The van der Waals surface area contributed by atoms with Crippen molar-refractivity contribution < 1.29 is 14.4 Å². The summed E-state index contributed by atoms with van der Waals surface area (Å²) in [5, 5.41) is 2.31. The van der Waals surface area contributed by atoms with Crippen molar-refractivity contribution in [3.05, 3.63) is 64.2 Å². The Labute approximate surface area is 188 Å². The van der Waals surface area contributed by atoms with Crippen molar-refractivity contribution in [1.29, 1.82) is 0 Å². The molecule has 2 aliphatic heterocycles. The third-order valence-corrected chi connectivity index (χ3v) is 6.89. The van der Waals surface area contributed by atoms with Crippen molar-refractivity contribution in [2.75, 3.05) is 16.8 Å². The van der Waals surface area contributed by atoms with Gasteiger partial charge in [-0.15, -0.1) is 0 Å². The number of benzene rings is 2. The zero-order valence-corrected chi connectivity index (χ0v) is 19.4. The van der Waals surface area contributed by atoms with Gasteiger partial charge >= 0.3 is 6.03 Å². The average molecular weight is 432 g/mol. The van der Waals surface area contributed by atoms with Crippen LogP contribution in [0.5, 0.6) is 0 Å². The van der Waals surface area contributed by atoms with Crippen molar-refractivity contribution in [1.82, 2.24) is 5.32 Å². The van der Waals surface area contributed by atoms with E-state index in [1.807, 2.05) is 38.1 Å². The van der Waals surface area contributed by atoms with Gasteiger partial charge in [0.05, 0.1) is 5.69 Å². The first-order valence-electron chi connectivity index (χ1n) is 10.9. The summed E-state index contributed by atoms with van der Waals surface area (Å²) < 4.78 is 0. The lowest BCUT2D eigenvalue weighted by atomic mass is 9.80. The molecule has 2 aliphatic rings. The normalized spacial score (nSPS) is 21.6. The van der Waals surface area contributed by atoms with E-state index in [0.717, 1.165) is 33.7 Å². The number of carbonyl (C=O) groups is 3. The van der Waals surface area contributed by atoms with Crippen molar-refractivity contribution in [3.8, 4) is 0 Å². The summed E-state index contributed by atoms with van der Waals surface area (Å²) in [5.74, 6) is -0.944. The smallest absolute Gasteiger partial charge is 0.335 e. The molecule has 0 aromatic heterocycles. The van der Waals surface area contributed by atoms with Crippen LogP contribution in [0.2, 0.25) is 0 Å². The number of fused-ring (bicyclic) bond motifs is 1. The molecule has 0 saturated carbocycles. The lowest BCUT2D eigenvalue weighted by Crippen LogP contribution is -2.54. The minimum absolute atomic E-state index is 0.0531. The minimum Gasteiger partial charge on any atom is -0.369 e. The van der Waals surface area contributed by atoms with Crippen LogP contribution in [0.4, 0.5) is 16.2 Å². The number of aryl methyl sites for hydroxylation is 1. The van der Waals surface area contributed by atoms with Gasteiger partial charge in [-0.2, -0.15) is 0 Å². The minimum atomic E-state index is -0.728. The van der Waals surface area contributed by atoms with Crippen molar-refractivity contribution >= 4 is 35.3 Å². The van der Waals surface area contributed by atoms with Crippen LogP contribution in [0.15, 0.2) is 42.0 Å². The number of anilines is 2. The number of amides is 4. The molecule has 1 unspecified atom stereocenters. The van der Waals surface area contributed by atoms with Gasteiger partial charge in [-0.05, 0) is 86.6 Å². The summed E-state index contributed by atoms with van der Waals surface area (Å²) in [4.78, 5) is 41.7. The van der Waals surface area contributed by atoms with E-state index >= 15 is 0 Å². The van der Waals surface area contributed by atoms with E-state index in [9.17, 15) is 14.4 Å². The number of carbonyl (C=O) groups excluding carboxylic acids is 3. The van der Waals surface area contributed by atoms with Gasteiger partial charge in [-0.3, -0.25) is 14.9 Å². The number of hydrogen-bond donors (Lipinski definition) is 1. The van der Waals surface area contributed by atoms with Crippen LogP contribution in [-0.2, 0) is 9.59 Å². The Bertz CT molecular complexity index is 1180. The molecule has 0 spiro atoms. The first-order chi connectivity index (χ1) is 15.0. The molecule has 6 heteroatoms. The van der Waals surface area contributed by atoms with Crippen LogP contribution < -0.4 is 15.1 Å². The number of hydrogen-bond acceptors (Lipinski definition) is 4. The Morgan fingerprint density at radius 3 is 2.50 bits per heavy atom. The van der Waals surface area contributed by atoms with Crippen LogP contribution in [0.3, 0.4) is 0 Å². The molecule has 0 bridgehead atoms. The molecule has 4 amide bonds. The maximum atomic E-state index is 13.3. The number of rotatable bonds is 2. The summed E-state index contributed by atoms with van der Waals surface area (Å²) in [7, 11) is 2.09. The zero-order valence-electron chi connectivity index (χ0n) is 19.4. The maximum Gasteiger partial charge on any atom is 0.335 e. The largest absolute Gasteiger partial charge is 0.369 e. The predicted molar refractivity (Wildman–Crippen MR) is 127 cm³/mol. The van der Waals surface area contributed by atoms with Gasteiger partial charge in [0.1, 0.15) is 5.57 Å². The van der Waals surface area contributed by atoms with Crippen LogP contribution in [0.1, 0.15) is 55.4 Å². The lowest BCUT2D eigenvalue weighted by molar-refractivity contribution is -0.122. The number of nitrogens with one attached hydrogen (secondary N) is 1. The molecule has 166 valence electrons. The summed E-state index contributed by atoms with van der Waals surface area (Å²) in [6.45, 7) is 10.4. The van der Waals surface area contributed by atoms with Crippen molar-refractivity contribution in [3.63, 3.8) is 0 Å². The highest BCUT2D eigenvalue weighted by molar-refractivity contribution is 6.39. The van der Waals surface area contributed by atoms with E-state index in [4.69, 9.17) is 0 Å². The van der Waals surface area contributed by atoms with Gasteiger partial charge in [-0.25, -0.2) is 9.69 Å². The number of nitrogens with zero attached hydrogens (tertiary/aromatic N) is 2. The highest BCUT2D eigenvalue weighted by Crippen LogP contribution is 2.42. The second-order valence-electron chi connectivity index (χ2n) is 9.47. The molecule has 6 nitrogen and oxygen atoms in total. The molecular formula is C26H29N3O3. The quantitative estimate of drug-likeness (QED) is 0.553. The summed E-state index contributed by atoms with van der Waals surface area (Å²) >= 11 is 0. The van der Waals surface area contributed by atoms with E-state index in [-0.39, 0.29) is 11.1 Å². The fraction of sp³-hybridized carbons (Fsp3) is 0.346. The molecule has 1 N–H and O–H groups in total. The SMILES string of the molecule is Cc1cccc(N2C(=O)NC(=O)/C(=C\c3ccc4c(c3)C(C)CC(C)(C)N4C)C2=O)c1C. The van der Waals surface area contributed by atoms with Gasteiger partial charge in [0.25, 0.3) is 11.8 Å². The molecule has 2 aromatic carbocycles. The van der Waals surface area contributed by atoms with Crippen LogP contribution >= 0.6 is 0 Å². The molecular weight excluding hydrogens is 402 g/mol. The van der Waals surface area contributed by atoms with Crippen LogP contribution in [0.25, 0.3) is 6.08 Å². The standard InChI is InChI=1S/C26H29N3O3/c1-15-8-7-9-21(17(15)3)29-24(31)20(23(30)27-25(29)32)13-18-10-11-22-19(12-18)16(2)14-26(4,5)28(22)6/h7-13,16H,14H2,1-6H3,(H,27,30,32)/b20-13+. The Kier molecular flexibility index (Phi) is 5.19. The van der Waals surface area contributed by atoms with Crippen molar-refractivity contribution in [2.45, 2.75) is 52.5 Å². The van der Waals surface area contributed by atoms with E-state index in [1.54, 1.807) is 18.2 Å². The molecule has 32 heavy (non-hydrogen) atoms. The molecule has 1 atom stereocenters. The van der Waals surface area contributed by atoms with E-state index < -0.39 is 17.8 Å². The predicted octanol–water partition coefficient (Wildman–Crippen LogP) is 4.69. The Balaban J connectivity index is 1.75. The van der Waals surface area contributed by atoms with Gasteiger partial charge in [0, 0.05) is 18.3 Å². The molecule has 2 heterocycles. The second kappa shape index (κ2) is 7.62. The number of imide groups is 2. The van der Waals surface area contributed by atoms with E-state index in [1.165, 1.54) is 5.56 Å². The summed E-state index contributed by atoms with van der Waals surface area (Å²) in [6.07, 6.45) is 2.58. The zero-order chi connectivity index (χ0) is 23.4. The summed E-state index contributed by atoms with van der Waals surface area (Å²) in [6, 6.07) is 10.7. The highest BCUT2D eigenvalue weighted by Gasteiger charge is 2.38. The molecule has 1 fully saturated rings. The van der Waals surface area contributed by atoms with Crippen LogP contribution in [-0.4, -0.2) is 30.4 Å². The third-order valence-electron chi connectivity index (χ3n) is 6.89. The molecule has 1 saturated heterocycles. The molecule has 2 aromatic rings. The van der Waals surface area contributed by atoms with Crippen molar-refractivity contribution in [2.24, 2.45) is 0 Å². The summed E-state index contributed by atoms with van der Waals surface area (Å²) in [5.41, 5.74) is 5.36. The Morgan fingerprint density at radius 1 is 1.06 bits per heavy atom. The average Bonchev–Trinajstić information content (AvgIpc) is 2.72. The highest BCUT2D eigenvalue weighted by atomic mass is 16.2. The fourth-order valence-electron chi connectivity index (χ4n) is 4.71. The maximum absolute atomic E-state index is 13.3. The Hall–Kier alpha value is -3.41. The lowest BCUT2D eigenvalue weighted by Gasteiger charge is -2.45. The first-order valence-corrected chi connectivity index (χ1v) is 10.9. The first kappa shape index (κ1) is 21.8. The van der Waals surface area contributed by atoms with Gasteiger partial charge < -0.3 is 4.90 Å². The number of barbiturate groups is 1. The van der Waals surface area contributed by atoms with E-state index in [0.29, 0.717) is 11.6 Å². The molecule has 0 aliphatic carbocycles. The van der Waals surface area contributed by atoms with Gasteiger partial charge in [0.15, 0.2) is 0 Å². The number of urea groups is 1. The van der Waals surface area contributed by atoms with Gasteiger partial charge in [0.2, 0.25) is 0 Å². The van der Waals surface area contributed by atoms with E-state index in [2.05, 4.69) is 38.0 Å². The topological polar surface area (TPSA) is 69.7 Å². The molecule has 4 rings (SSSR count). The van der Waals surface area contributed by atoms with Gasteiger partial charge in [-0.1, -0.05) is 25.1 Å². The second-order valence-corrected chi connectivity index (χ2v) is 9.47. The monoisotopic (exact) mass is 431 g/mol. The molecule has 0 radical (unpaired) electrons.